The van der Waals surface area contributed by atoms with E-state index >= 15 is 0 Å². The lowest BCUT2D eigenvalue weighted by molar-refractivity contribution is -0.197. The zero-order chi connectivity index (χ0) is 23.5. The summed E-state index contributed by atoms with van der Waals surface area (Å²) in [5.41, 5.74) is 0.473. The fourth-order valence-corrected chi connectivity index (χ4v) is 3.25. The standard InChI is InChI=1S/C23H28N4O6/c28-20-12-13-21(29)27(20)33-22(30)11-7-2-1-3-8-15-24-19-14-16-26(23(31)25-19)32-17-18-9-5-4-6-10-18/h4-6,9-10,14,16H,1-3,7-8,11-13,15,17H2,(H,24,25,31). The molecule has 2 amide bonds. The number of hydroxylamine groups is 2. The number of hydrogen-bond acceptors (Lipinski definition) is 8. The Hall–Kier alpha value is -3.69. The van der Waals surface area contributed by atoms with Crippen molar-refractivity contribution in [3.8, 4) is 0 Å². The summed E-state index contributed by atoms with van der Waals surface area (Å²) in [5, 5.41) is 3.70. The van der Waals surface area contributed by atoms with E-state index in [1.165, 1.54) is 0 Å². The molecule has 2 aromatic rings. The molecule has 10 heteroatoms. The highest BCUT2D eigenvalue weighted by Gasteiger charge is 2.32. The van der Waals surface area contributed by atoms with Crippen LogP contribution in [0.2, 0.25) is 0 Å². The Kier molecular flexibility index (Phi) is 8.98. The predicted molar refractivity (Wildman–Crippen MR) is 119 cm³/mol. The third kappa shape index (κ3) is 7.74. The molecule has 1 saturated heterocycles. The first-order valence-electron chi connectivity index (χ1n) is 11.1. The summed E-state index contributed by atoms with van der Waals surface area (Å²) in [5.74, 6) is -0.998. The fraction of sp³-hybridized carbons (Fsp3) is 0.435. The van der Waals surface area contributed by atoms with Crippen LogP contribution in [0.4, 0.5) is 5.82 Å². The van der Waals surface area contributed by atoms with Gasteiger partial charge in [-0.3, -0.25) is 9.59 Å². The molecule has 0 saturated carbocycles. The predicted octanol–water partition coefficient (Wildman–Crippen LogP) is 2.23. The Morgan fingerprint density at radius 3 is 2.36 bits per heavy atom. The highest BCUT2D eigenvalue weighted by atomic mass is 16.7. The lowest BCUT2D eigenvalue weighted by Gasteiger charge is -2.12. The molecular weight excluding hydrogens is 428 g/mol. The van der Waals surface area contributed by atoms with Gasteiger partial charge in [0, 0.05) is 31.9 Å². The second-order valence-corrected chi connectivity index (χ2v) is 7.67. The second kappa shape index (κ2) is 12.4. The van der Waals surface area contributed by atoms with Gasteiger partial charge in [-0.05, 0) is 18.4 Å². The van der Waals surface area contributed by atoms with Crippen LogP contribution in [0.1, 0.15) is 56.9 Å². The number of unbranched alkanes of at least 4 members (excludes halogenated alkanes) is 4. The van der Waals surface area contributed by atoms with Crippen LogP contribution >= 0.6 is 0 Å². The van der Waals surface area contributed by atoms with Crippen molar-refractivity contribution in [2.24, 2.45) is 0 Å². The van der Waals surface area contributed by atoms with Crippen LogP contribution in [0.25, 0.3) is 0 Å². The number of amides is 2. The summed E-state index contributed by atoms with van der Waals surface area (Å²) >= 11 is 0. The summed E-state index contributed by atoms with van der Waals surface area (Å²) in [7, 11) is 0. The van der Waals surface area contributed by atoms with E-state index in [2.05, 4.69) is 10.3 Å². The monoisotopic (exact) mass is 456 g/mol. The van der Waals surface area contributed by atoms with E-state index in [0.717, 1.165) is 36.0 Å². The molecule has 1 N–H and O–H groups in total. The van der Waals surface area contributed by atoms with Gasteiger partial charge in [0.1, 0.15) is 12.4 Å². The third-order valence-electron chi connectivity index (χ3n) is 5.05. The first-order valence-corrected chi connectivity index (χ1v) is 11.1. The molecule has 0 spiro atoms. The van der Waals surface area contributed by atoms with E-state index in [0.29, 0.717) is 23.8 Å². The lowest BCUT2D eigenvalue weighted by Crippen LogP contribution is -2.31. The minimum Gasteiger partial charge on any atom is -0.405 e. The van der Waals surface area contributed by atoms with E-state index in [1.807, 2.05) is 30.3 Å². The highest BCUT2D eigenvalue weighted by Crippen LogP contribution is 2.14. The molecule has 3 rings (SSSR count). The van der Waals surface area contributed by atoms with Gasteiger partial charge >= 0.3 is 11.7 Å². The summed E-state index contributed by atoms with van der Waals surface area (Å²) < 4.78 is 1.11. The molecule has 0 radical (unpaired) electrons. The molecule has 33 heavy (non-hydrogen) atoms. The molecule has 1 aromatic heterocycles. The molecule has 0 unspecified atom stereocenters. The van der Waals surface area contributed by atoms with Gasteiger partial charge in [0.15, 0.2) is 0 Å². The van der Waals surface area contributed by atoms with Crippen molar-refractivity contribution in [2.75, 3.05) is 11.9 Å². The summed E-state index contributed by atoms with van der Waals surface area (Å²) in [6.07, 6.45) is 6.13. The molecule has 1 aliphatic rings. The first-order chi connectivity index (χ1) is 16.0. The van der Waals surface area contributed by atoms with Gasteiger partial charge < -0.3 is 15.0 Å². The van der Waals surface area contributed by atoms with Gasteiger partial charge in [-0.2, -0.15) is 4.98 Å². The van der Waals surface area contributed by atoms with Gasteiger partial charge in [0.25, 0.3) is 11.8 Å². The van der Waals surface area contributed by atoms with Crippen molar-refractivity contribution in [3.63, 3.8) is 0 Å². The number of hydrogen-bond donors (Lipinski definition) is 1. The van der Waals surface area contributed by atoms with Crippen LogP contribution < -0.4 is 15.8 Å². The van der Waals surface area contributed by atoms with Crippen molar-refractivity contribution in [1.29, 1.82) is 0 Å². The smallest absolute Gasteiger partial charge is 0.382 e. The van der Waals surface area contributed by atoms with Crippen LogP contribution in [0, 0.1) is 0 Å². The Morgan fingerprint density at radius 1 is 0.939 bits per heavy atom. The zero-order valence-corrected chi connectivity index (χ0v) is 18.4. The normalized spacial score (nSPS) is 13.3. The second-order valence-electron chi connectivity index (χ2n) is 7.67. The summed E-state index contributed by atoms with van der Waals surface area (Å²) in [6, 6.07) is 11.2. The van der Waals surface area contributed by atoms with Crippen molar-refractivity contribution in [1.82, 2.24) is 14.8 Å². The van der Waals surface area contributed by atoms with E-state index in [-0.39, 0.29) is 25.9 Å². The number of benzene rings is 1. The third-order valence-corrected chi connectivity index (χ3v) is 5.05. The maximum absolute atomic E-state index is 12.1. The summed E-state index contributed by atoms with van der Waals surface area (Å²) in [6.45, 7) is 0.948. The molecule has 0 atom stereocenters. The number of aromatic nitrogens is 2. The number of nitrogens with zero attached hydrogens (tertiary/aromatic N) is 3. The minimum absolute atomic E-state index is 0.0941. The average Bonchev–Trinajstić information content (AvgIpc) is 3.13. The van der Waals surface area contributed by atoms with Crippen molar-refractivity contribution in [2.45, 2.75) is 58.0 Å². The van der Waals surface area contributed by atoms with E-state index in [9.17, 15) is 19.2 Å². The molecule has 176 valence electrons. The van der Waals surface area contributed by atoms with Crippen molar-refractivity contribution >= 4 is 23.6 Å². The molecule has 1 fully saturated rings. The largest absolute Gasteiger partial charge is 0.405 e. The SMILES string of the molecule is O=C(CCCCCCCNc1ccn(OCc2ccccc2)c(=O)n1)ON1C(=O)CCC1=O. The molecular formula is C23H28N4O6. The molecule has 0 bridgehead atoms. The quantitative estimate of drug-likeness (QED) is 0.360. The lowest BCUT2D eigenvalue weighted by atomic mass is 10.1. The van der Waals surface area contributed by atoms with Crippen LogP contribution in [0.15, 0.2) is 47.4 Å². The highest BCUT2D eigenvalue weighted by molar-refractivity contribution is 6.01. The maximum atomic E-state index is 12.1. The number of rotatable bonds is 13. The number of carbonyl (C=O) groups is 3. The summed E-state index contributed by atoms with van der Waals surface area (Å²) in [4.78, 5) is 60.9. The molecule has 2 heterocycles. The topological polar surface area (TPSA) is 120 Å². The molecule has 1 aliphatic heterocycles. The Balaban J connectivity index is 1.24. The van der Waals surface area contributed by atoms with Gasteiger partial charge in [0.2, 0.25) is 0 Å². The van der Waals surface area contributed by atoms with Gasteiger partial charge in [-0.1, -0.05) is 49.6 Å². The molecule has 0 aliphatic carbocycles. The minimum atomic E-state index is -0.561. The fourth-order valence-electron chi connectivity index (χ4n) is 3.25. The zero-order valence-electron chi connectivity index (χ0n) is 18.4. The van der Waals surface area contributed by atoms with Crippen molar-refractivity contribution in [3.05, 3.63) is 58.6 Å². The molecule has 1 aromatic carbocycles. The van der Waals surface area contributed by atoms with E-state index in [4.69, 9.17) is 9.68 Å². The number of carbonyl (C=O) groups excluding carboxylic acids is 3. The van der Waals surface area contributed by atoms with Crippen LogP contribution in [-0.4, -0.2) is 39.1 Å². The Labute approximate surface area is 191 Å². The van der Waals surface area contributed by atoms with Crippen LogP contribution in [0.3, 0.4) is 0 Å². The molecule has 10 nitrogen and oxygen atoms in total. The Bertz CT molecular complexity index is 992. The van der Waals surface area contributed by atoms with Gasteiger partial charge in [-0.15, -0.1) is 9.79 Å². The first kappa shape index (κ1) is 24.0. The number of nitrogens with one attached hydrogen (secondary N) is 1. The van der Waals surface area contributed by atoms with Crippen LogP contribution in [-0.2, 0) is 25.8 Å². The van der Waals surface area contributed by atoms with E-state index < -0.39 is 23.5 Å². The maximum Gasteiger partial charge on any atom is 0.382 e. The van der Waals surface area contributed by atoms with Gasteiger partial charge in [-0.25, -0.2) is 9.59 Å². The average molecular weight is 456 g/mol. The number of imide groups is 1. The van der Waals surface area contributed by atoms with Crippen LogP contribution in [0.5, 0.6) is 0 Å². The Morgan fingerprint density at radius 2 is 1.64 bits per heavy atom. The number of anilines is 1. The van der Waals surface area contributed by atoms with Crippen molar-refractivity contribution < 1.29 is 24.1 Å². The van der Waals surface area contributed by atoms with Gasteiger partial charge in [0.05, 0.1) is 6.20 Å². The van der Waals surface area contributed by atoms with E-state index in [1.54, 1.807) is 12.3 Å².